The van der Waals surface area contributed by atoms with Gasteiger partial charge in [-0.25, -0.2) is 9.18 Å². The summed E-state index contributed by atoms with van der Waals surface area (Å²) in [4.78, 5) is 29.8. The fourth-order valence-corrected chi connectivity index (χ4v) is 4.66. The van der Waals surface area contributed by atoms with Crippen LogP contribution in [-0.4, -0.2) is 52.0 Å². The number of hydrogen-bond donors (Lipinski definition) is 1. The van der Waals surface area contributed by atoms with Crippen molar-refractivity contribution in [2.45, 2.75) is 26.4 Å². The number of nitrogens with one attached hydrogen (secondary N) is 1. The van der Waals surface area contributed by atoms with Crippen molar-refractivity contribution < 1.29 is 18.4 Å². The van der Waals surface area contributed by atoms with Crippen LogP contribution in [0.3, 0.4) is 0 Å². The lowest BCUT2D eigenvalue weighted by molar-refractivity contribution is 0.0582. The molecule has 1 fully saturated rings. The number of carbonyl (C=O) groups excluding carboxylic acids is 2. The minimum atomic E-state index is -0.485. The van der Waals surface area contributed by atoms with E-state index >= 15 is 0 Å². The van der Waals surface area contributed by atoms with Crippen LogP contribution in [0.25, 0.3) is 11.1 Å². The molecule has 1 aliphatic heterocycles. The molecule has 1 unspecified atom stereocenters. The molecule has 0 spiro atoms. The molecule has 4 aromatic rings. The molecule has 180 valence electrons. The molecule has 1 atom stereocenters. The first-order chi connectivity index (χ1) is 16.9. The summed E-state index contributed by atoms with van der Waals surface area (Å²) >= 11 is 0. The number of hydrogen-bond acceptors (Lipinski definition) is 3. The molecule has 0 bridgehead atoms. The van der Waals surface area contributed by atoms with Crippen LogP contribution in [0.5, 0.6) is 0 Å². The van der Waals surface area contributed by atoms with Crippen LogP contribution in [0.1, 0.15) is 28.5 Å². The Labute approximate surface area is 202 Å². The monoisotopic (exact) mass is 474 g/mol. The molecule has 0 saturated carbocycles. The molecule has 3 heterocycles. The molecule has 1 saturated heterocycles. The van der Waals surface area contributed by atoms with E-state index in [2.05, 4.69) is 11.4 Å². The van der Waals surface area contributed by atoms with Crippen molar-refractivity contribution in [3.05, 3.63) is 89.6 Å². The number of amides is 3. The summed E-state index contributed by atoms with van der Waals surface area (Å²) in [5.74, 6) is -0.592. The van der Waals surface area contributed by atoms with Crippen molar-refractivity contribution in [2.24, 2.45) is 0 Å². The van der Waals surface area contributed by atoms with Gasteiger partial charge >= 0.3 is 6.03 Å². The number of nitrogens with zero attached hydrogens (tertiary/aromatic N) is 3. The Morgan fingerprint density at radius 3 is 2.69 bits per heavy atom. The zero-order valence-electron chi connectivity index (χ0n) is 19.7. The van der Waals surface area contributed by atoms with Crippen molar-refractivity contribution in [3.8, 4) is 0 Å². The molecular weight excluding hydrogens is 447 g/mol. The Hall–Kier alpha value is -4.07. The second-order valence-electron chi connectivity index (χ2n) is 8.99. The zero-order chi connectivity index (χ0) is 24.5. The van der Waals surface area contributed by atoms with Crippen LogP contribution in [0, 0.1) is 12.7 Å². The summed E-state index contributed by atoms with van der Waals surface area (Å²) in [5, 5.41) is 3.51. The van der Waals surface area contributed by atoms with Gasteiger partial charge in [0.05, 0.1) is 18.5 Å². The van der Waals surface area contributed by atoms with E-state index < -0.39 is 5.82 Å². The highest BCUT2D eigenvalue weighted by atomic mass is 19.1. The van der Waals surface area contributed by atoms with Crippen LogP contribution in [-0.2, 0) is 6.54 Å². The smallest absolute Gasteiger partial charge is 0.322 e. The van der Waals surface area contributed by atoms with E-state index in [1.54, 1.807) is 28.2 Å². The molecule has 1 aliphatic rings. The van der Waals surface area contributed by atoms with Crippen LogP contribution >= 0.6 is 0 Å². The van der Waals surface area contributed by atoms with E-state index in [-0.39, 0.29) is 23.7 Å². The summed E-state index contributed by atoms with van der Waals surface area (Å²) in [6, 6.07) is 17.3. The standard InChI is InChI=1S/C27H27FN4O3/c1-18-6-5-7-20(14-18)17-32-24(15-21-10-13-35-26(21)32)25(33)30-11-12-31(19(2)16-30)27(34)29-23-9-4-3-8-22(23)28/h3-10,13-15,19H,11-12,16-17H2,1-2H3,(H,29,34). The number of aromatic nitrogens is 1. The number of anilines is 1. The van der Waals surface area contributed by atoms with Gasteiger partial charge in [0.1, 0.15) is 11.5 Å². The molecule has 2 aromatic heterocycles. The average Bonchev–Trinajstić information content (AvgIpc) is 3.43. The van der Waals surface area contributed by atoms with E-state index in [9.17, 15) is 14.0 Å². The summed E-state index contributed by atoms with van der Waals surface area (Å²) in [6.45, 7) is 5.54. The number of furan rings is 1. The third kappa shape index (κ3) is 4.51. The molecule has 2 aromatic carbocycles. The number of urea groups is 1. The first-order valence-corrected chi connectivity index (χ1v) is 11.6. The van der Waals surface area contributed by atoms with E-state index in [0.717, 1.165) is 16.5 Å². The zero-order valence-corrected chi connectivity index (χ0v) is 19.7. The van der Waals surface area contributed by atoms with Crippen LogP contribution in [0.2, 0.25) is 0 Å². The highest BCUT2D eigenvalue weighted by molar-refractivity contribution is 5.98. The Bertz CT molecular complexity index is 1390. The van der Waals surface area contributed by atoms with Gasteiger partial charge in [-0.15, -0.1) is 0 Å². The highest BCUT2D eigenvalue weighted by Crippen LogP contribution is 2.25. The normalized spacial score (nSPS) is 16.0. The molecule has 8 heteroatoms. The number of piperazine rings is 1. The first kappa shape index (κ1) is 22.7. The van der Waals surface area contributed by atoms with Crippen molar-refractivity contribution in [2.75, 3.05) is 25.0 Å². The Morgan fingerprint density at radius 1 is 1.09 bits per heavy atom. The van der Waals surface area contributed by atoms with E-state index in [4.69, 9.17) is 4.42 Å². The van der Waals surface area contributed by atoms with Gasteiger partial charge < -0.3 is 24.1 Å². The topological polar surface area (TPSA) is 70.7 Å². The fraction of sp³-hybridized carbons (Fsp3) is 0.259. The van der Waals surface area contributed by atoms with Gasteiger partial charge in [-0.2, -0.15) is 0 Å². The second-order valence-corrected chi connectivity index (χ2v) is 8.99. The summed E-state index contributed by atoms with van der Waals surface area (Å²) in [5.41, 5.74) is 3.58. The quantitative estimate of drug-likeness (QED) is 0.447. The Kier molecular flexibility index (Phi) is 6.03. The average molecular weight is 475 g/mol. The Morgan fingerprint density at radius 2 is 1.91 bits per heavy atom. The number of fused-ring (bicyclic) bond motifs is 1. The van der Waals surface area contributed by atoms with Gasteiger partial charge in [-0.05, 0) is 43.7 Å². The largest absolute Gasteiger partial charge is 0.448 e. The number of aryl methyl sites for hydroxylation is 1. The minimum absolute atomic E-state index is 0.106. The number of para-hydroxylation sites is 1. The molecule has 5 rings (SSSR count). The maximum absolute atomic E-state index is 14.0. The van der Waals surface area contributed by atoms with Gasteiger partial charge in [0.25, 0.3) is 5.91 Å². The molecule has 3 amide bonds. The number of carbonyl (C=O) groups is 2. The summed E-state index contributed by atoms with van der Waals surface area (Å²) in [6.07, 6.45) is 1.63. The van der Waals surface area contributed by atoms with Crippen molar-refractivity contribution in [1.29, 1.82) is 0 Å². The molecule has 1 N–H and O–H groups in total. The SMILES string of the molecule is Cc1cccc(Cn2c(C(=O)N3CCN(C(=O)Nc4ccccc4F)C(C)C3)cc3ccoc32)c1. The van der Waals surface area contributed by atoms with Crippen molar-refractivity contribution >= 4 is 28.7 Å². The second kappa shape index (κ2) is 9.29. The molecule has 7 nitrogen and oxygen atoms in total. The van der Waals surface area contributed by atoms with E-state index in [1.165, 1.54) is 12.1 Å². The predicted molar refractivity (Wildman–Crippen MR) is 132 cm³/mol. The van der Waals surface area contributed by atoms with Crippen LogP contribution < -0.4 is 5.32 Å². The predicted octanol–water partition coefficient (Wildman–Crippen LogP) is 5.11. The van der Waals surface area contributed by atoms with E-state index in [1.807, 2.05) is 48.7 Å². The van der Waals surface area contributed by atoms with Gasteiger partial charge in [0.15, 0.2) is 0 Å². The summed E-state index contributed by atoms with van der Waals surface area (Å²) < 4.78 is 21.6. The number of benzene rings is 2. The number of halogens is 1. The maximum atomic E-state index is 14.0. The van der Waals surface area contributed by atoms with Gasteiger partial charge in [-0.1, -0.05) is 42.0 Å². The molecule has 0 aliphatic carbocycles. The lowest BCUT2D eigenvalue weighted by Crippen LogP contribution is -2.56. The Balaban J connectivity index is 1.33. The third-order valence-electron chi connectivity index (χ3n) is 6.44. The number of rotatable bonds is 4. The van der Waals surface area contributed by atoms with Gasteiger partial charge in [-0.3, -0.25) is 4.79 Å². The van der Waals surface area contributed by atoms with E-state index in [0.29, 0.717) is 37.6 Å². The van der Waals surface area contributed by atoms with Crippen LogP contribution in [0.4, 0.5) is 14.9 Å². The third-order valence-corrected chi connectivity index (χ3v) is 6.44. The lowest BCUT2D eigenvalue weighted by Gasteiger charge is -2.39. The fourth-order valence-electron chi connectivity index (χ4n) is 4.66. The van der Waals surface area contributed by atoms with Crippen molar-refractivity contribution in [3.63, 3.8) is 0 Å². The lowest BCUT2D eigenvalue weighted by atomic mass is 10.1. The van der Waals surface area contributed by atoms with Crippen LogP contribution in [0.15, 0.2) is 71.3 Å². The van der Waals surface area contributed by atoms with Crippen molar-refractivity contribution in [1.82, 2.24) is 14.4 Å². The first-order valence-electron chi connectivity index (χ1n) is 11.6. The summed E-state index contributed by atoms with van der Waals surface area (Å²) in [7, 11) is 0. The molecular formula is C27H27FN4O3. The maximum Gasteiger partial charge on any atom is 0.322 e. The minimum Gasteiger partial charge on any atom is -0.448 e. The molecule has 0 radical (unpaired) electrons. The highest BCUT2D eigenvalue weighted by Gasteiger charge is 2.32. The van der Waals surface area contributed by atoms with Gasteiger partial charge in [0, 0.05) is 31.1 Å². The molecule has 35 heavy (non-hydrogen) atoms. The van der Waals surface area contributed by atoms with Gasteiger partial charge in [0.2, 0.25) is 5.71 Å².